The quantitative estimate of drug-likeness (QED) is 0.883. The summed E-state index contributed by atoms with van der Waals surface area (Å²) in [5, 5.41) is 9.58. The minimum atomic E-state index is -0.108. The van der Waals surface area contributed by atoms with Crippen molar-refractivity contribution in [3.8, 4) is 0 Å². The molecule has 1 aromatic rings. The third kappa shape index (κ3) is 2.95. The zero-order valence-corrected chi connectivity index (χ0v) is 11.6. The zero-order valence-electron chi connectivity index (χ0n) is 11.6. The Morgan fingerprint density at radius 1 is 1.16 bits per heavy atom. The fourth-order valence-electron chi connectivity index (χ4n) is 3.32. The number of aliphatic hydroxyl groups is 1. The van der Waals surface area contributed by atoms with Crippen LogP contribution in [0.2, 0.25) is 0 Å². The highest BCUT2D eigenvalue weighted by Crippen LogP contribution is 2.32. The van der Waals surface area contributed by atoms with Crippen LogP contribution in [0.3, 0.4) is 0 Å². The molecule has 4 nitrogen and oxygen atoms in total. The monoisotopic (exact) mass is 261 g/mol. The number of likely N-dealkylation sites (tertiary alicyclic amines) is 1. The average Bonchev–Trinajstić information content (AvgIpc) is 2.86. The normalized spacial score (nSPS) is 32.6. The van der Waals surface area contributed by atoms with E-state index < -0.39 is 0 Å². The Morgan fingerprint density at radius 3 is 2.63 bits per heavy atom. The van der Waals surface area contributed by atoms with E-state index in [2.05, 4.69) is 23.0 Å². The van der Waals surface area contributed by atoms with Crippen LogP contribution in [-0.2, 0) is 0 Å². The molecule has 0 amide bonds. The Morgan fingerprint density at radius 2 is 1.95 bits per heavy atom. The summed E-state index contributed by atoms with van der Waals surface area (Å²) >= 11 is 0. The molecule has 0 spiro atoms. The maximum Gasteiger partial charge on any atom is 0.131 e. The van der Waals surface area contributed by atoms with Gasteiger partial charge < -0.3 is 10.0 Å². The van der Waals surface area contributed by atoms with Crippen molar-refractivity contribution in [2.45, 2.75) is 50.0 Å². The van der Waals surface area contributed by atoms with Gasteiger partial charge in [0.2, 0.25) is 0 Å². The highest BCUT2D eigenvalue weighted by molar-refractivity contribution is 5.13. The van der Waals surface area contributed by atoms with E-state index in [1.807, 2.05) is 6.20 Å². The van der Waals surface area contributed by atoms with Crippen molar-refractivity contribution in [1.82, 2.24) is 14.9 Å². The Hall–Kier alpha value is -1.00. The molecule has 0 radical (unpaired) electrons. The van der Waals surface area contributed by atoms with Crippen molar-refractivity contribution in [2.24, 2.45) is 0 Å². The van der Waals surface area contributed by atoms with Crippen LogP contribution >= 0.6 is 0 Å². The number of aromatic nitrogens is 2. The Bertz CT molecular complexity index is 429. The van der Waals surface area contributed by atoms with E-state index >= 15 is 0 Å². The van der Waals surface area contributed by atoms with E-state index in [-0.39, 0.29) is 6.10 Å². The molecule has 0 aromatic carbocycles. The second kappa shape index (κ2) is 5.55. The first-order valence-corrected chi connectivity index (χ1v) is 7.42. The lowest BCUT2D eigenvalue weighted by Crippen LogP contribution is -2.19. The van der Waals surface area contributed by atoms with Gasteiger partial charge in [-0.15, -0.1) is 0 Å². The van der Waals surface area contributed by atoms with Gasteiger partial charge >= 0.3 is 0 Å². The number of nitrogens with zero attached hydrogens (tertiary/aromatic N) is 3. The molecule has 1 aromatic heterocycles. The molecule has 2 fully saturated rings. The van der Waals surface area contributed by atoms with E-state index in [1.165, 1.54) is 18.7 Å². The smallest absolute Gasteiger partial charge is 0.131 e. The van der Waals surface area contributed by atoms with Crippen LogP contribution in [0.5, 0.6) is 0 Å². The number of aliphatic hydroxyl groups excluding tert-OH is 1. The van der Waals surface area contributed by atoms with Gasteiger partial charge in [-0.3, -0.25) is 0 Å². The highest BCUT2D eigenvalue weighted by atomic mass is 16.3. The molecule has 1 aliphatic heterocycles. The first kappa shape index (κ1) is 13.0. The fraction of sp³-hybridized carbons (Fsp3) is 0.733. The van der Waals surface area contributed by atoms with Gasteiger partial charge in [0, 0.05) is 30.3 Å². The minimum absolute atomic E-state index is 0.108. The van der Waals surface area contributed by atoms with Crippen molar-refractivity contribution in [3.05, 3.63) is 23.8 Å². The Balaban J connectivity index is 1.72. The molecular formula is C15H23N3O. The van der Waals surface area contributed by atoms with Gasteiger partial charge in [0.05, 0.1) is 6.10 Å². The van der Waals surface area contributed by atoms with Gasteiger partial charge in [0.15, 0.2) is 0 Å². The summed E-state index contributed by atoms with van der Waals surface area (Å²) in [5.74, 6) is 2.02. The molecule has 2 heterocycles. The molecule has 1 unspecified atom stereocenters. The number of likely N-dealkylation sites (N-methyl/N-ethyl adjacent to an activating group) is 1. The summed E-state index contributed by atoms with van der Waals surface area (Å²) in [5.41, 5.74) is 1.21. The van der Waals surface area contributed by atoms with Gasteiger partial charge in [-0.05, 0) is 51.8 Å². The van der Waals surface area contributed by atoms with Crippen molar-refractivity contribution in [2.75, 3.05) is 20.1 Å². The zero-order chi connectivity index (χ0) is 13.2. The molecular weight excluding hydrogens is 238 g/mol. The molecule has 104 valence electrons. The van der Waals surface area contributed by atoms with E-state index in [9.17, 15) is 5.11 Å². The second-order valence-corrected chi connectivity index (χ2v) is 6.09. The van der Waals surface area contributed by atoms with Crippen molar-refractivity contribution in [1.29, 1.82) is 0 Å². The van der Waals surface area contributed by atoms with E-state index in [0.717, 1.165) is 38.1 Å². The van der Waals surface area contributed by atoms with Crippen LogP contribution in [-0.4, -0.2) is 46.2 Å². The predicted octanol–water partition coefficient (Wildman–Crippen LogP) is 1.91. The summed E-state index contributed by atoms with van der Waals surface area (Å²) < 4.78 is 0. The van der Waals surface area contributed by atoms with Crippen LogP contribution in [0.15, 0.2) is 12.3 Å². The standard InChI is InChI=1S/C15H23N3O/c1-18-9-7-12(10-18)14-6-8-16-15(17-14)11-2-4-13(19)5-3-11/h6,8,11-13,19H,2-5,7,9-10H2,1H3. The van der Waals surface area contributed by atoms with E-state index in [1.54, 1.807) is 0 Å². The third-order valence-electron chi connectivity index (χ3n) is 4.57. The van der Waals surface area contributed by atoms with Gasteiger partial charge in [-0.25, -0.2) is 9.97 Å². The van der Waals surface area contributed by atoms with Crippen molar-refractivity contribution in [3.63, 3.8) is 0 Å². The molecule has 1 aliphatic carbocycles. The first-order chi connectivity index (χ1) is 9.22. The molecule has 1 atom stereocenters. The summed E-state index contributed by atoms with van der Waals surface area (Å²) in [6, 6.07) is 2.07. The molecule has 1 saturated carbocycles. The third-order valence-corrected chi connectivity index (χ3v) is 4.57. The van der Waals surface area contributed by atoms with Crippen molar-refractivity contribution >= 4 is 0 Å². The summed E-state index contributed by atoms with van der Waals surface area (Å²) in [4.78, 5) is 11.7. The van der Waals surface area contributed by atoms with Crippen LogP contribution in [0.1, 0.15) is 55.5 Å². The summed E-state index contributed by atoms with van der Waals surface area (Å²) in [6.45, 7) is 2.28. The second-order valence-electron chi connectivity index (χ2n) is 6.09. The maximum atomic E-state index is 9.58. The lowest BCUT2D eigenvalue weighted by Gasteiger charge is -2.24. The SMILES string of the molecule is CN1CCC(c2ccnc(C3CCC(O)CC3)n2)C1. The van der Waals surface area contributed by atoms with Crippen LogP contribution in [0, 0.1) is 0 Å². The number of hydrogen-bond acceptors (Lipinski definition) is 4. The van der Waals surface area contributed by atoms with Crippen molar-refractivity contribution < 1.29 is 5.11 Å². The van der Waals surface area contributed by atoms with E-state index in [0.29, 0.717) is 11.8 Å². The first-order valence-electron chi connectivity index (χ1n) is 7.42. The Kier molecular flexibility index (Phi) is 3.80. The molecule has 4 heteroatoms. The van der Waals surface area contributed by atoms with Gasteiger partial charge in [0.25, 0.3) is 0 Å². The molecule has 1 saturated heterocycles. The summed E-state index contributed by atoms with van der Waals surface area (Å²) in [6.07, 6.45) is 6.85. The molecule has 3 rings (SSSR count). The minimum Gasteiger partial charge on any atom is -0.393 e. The Labute approximate surface area is 114 Å². The largest absolute Gasteiger partial charge is 0.393 e. The lowest BCUT2D eigenvalue weighted by molar-refractivity contribution is 0.121. The van der Waals surface area contributed by atoms with Crippen LogP contribution < -0.4 is 0 Å². The van der Waals surface area contributed by atoms with Crippen LogP contribution in [0.4, 0.5) is 0 Å². The molecule has 19 heavy (non-hydrogen) atoms. The van der Waals surface area contributed by atoms with E-state index in [4.69, 9.17) is 4.98 Å². The highest BCUT2D eigenvalue weighted by Gasteiger charge is 2.26. The predicted molar refractivity (Wildman–Crippen MR) is 74.1 cm³/mol. The fourth-order valence-corrected chi connectivity index (χ4v) is 3.32. The summed E-state index contributed by atoms with van der Waals surface area (Å²) in [7, 11) is 2.17. The van der Waals surface area contributed by atoms with Gasteiger partial charge in [-0.2, -0.15) is 0 Å². The van der Waals surface area contributed by atoms with Crippen LogP contribution in [0.25, 0.3) is 0 Å². The molecule has 1 N–H and O–H groups in total. The topological polar surface area (TPSA) is 49.2 Å². The maximum absolute atomic E-state index is 9.58. The molecule has 2 aliphatic rings. The number of hydrogen-bond donors (Lipinski definition) is 1. The van der Waals surface area contributed by atoms with Gasteiger partial charge in [-0.1, -0.05) is 0 Å². The average molecular weight is 261 g/mol. The number of rotatable bonds is 2. The van der Waals surface area contributed by atoms with Gasteiger partial charge in [0.1, 0.15) is 5.82 Å². The lowest BCUT2D eigenvalue weighted by atomic mass is 9.87. The molecule has 0 bridgehead atoms.